The van der Waals surface area contributed by atoms with Gasteiger partial charge >= 0.3 is 5.97 Å². The van der Waals surface area contributed by atoms with E-state index in [0.29, 0.717) is 46.8 Å². The second-order valence-electron chi connectivity index (χ2n) is 7.49. The lowest BCUT2D eigenvalue weighted by Crippen LogP contribution is -2.21. The average molecular weight is 415 g/mol. The van der Waals surface area contributed by atoms with Gasteiger partial charge in [0.2, 0.25) is 0 Å². The summed E-state index contributed by atoms with van der Waals surface area (Å²) in [5, 5.41) is 0.494. The molecule has 0 bridgehead atoms. The van der Waals surface area contributed by atoms with E-state index in [0.717, 1.165) is 5.75 Å². The van der Waals surface area contributed by atoms with E-state index in [1.54, 1.807) is 11.5 Å². The Labute approximate surface area is 174 Å². The number of esters is 1. The van der Waals surface area contributed by atoms with Gasteiger partial charge in [-0.15, -0.1) is 11.3 Å². The van der Waals surface area contributed by atoms with Crippen molar-refractivity contribution < 1.29 is 14.3 Å². The summed E-state index contributed by atoms with van der Waals surface area (Å²) in [7, 11) is 0. The van der Waals surface area contributed by atoms with Gasteiger partial charge in [-0.1, -0.05) is 31.5 Å². The topological polar surface area (TPSA) is 70.4 Å². The number of hydrogen-bond acceptors (Lipinski definition) is 6. The van der Waals surface area contributed by atoms with E-state index in [4.69, 9.17) is 9.47 Å². The van der Waals surface area contributed by atoms with Crippen LogP contribution in [0.15, 0.2) is 35.4 Å². The van der Waals surface area contributed by atoms with Crippen molar-refractivity contribution in [2.75, 3.05) is 13.2 Å². The molecule has 0 aliphatic rings. The number of nitrogens with zero attached hydrogens (tertiary/aromatic N) is 2. The molecule has 3 aromatic rings. The lowest BCUT2D eigenvalue weighted by molar-refractivity contribution is 0.0464. The molecule has 6 nitrogen and oxygen atoms in total. The highest BCUT2D eigenvalue weighted by Gasteiger charge is 2.20. The molecule has 1 aromatic carbocycles. The van der Waals surface area contributed by atoms with Crippen LogP contribution in [0.5, 0.6) is 5.75 Å². The minimum atomic E-state index is -0.392. The summed E-state index contributed by atoms with van der Waals surface area (Å²) in [6, 6.07) is 7.87. The van der Waals surface area contributed by atoms with Gasteiger partial charge in [-0.3, -0.25) is 9.36 Å². The number of fused-ring (bicyclic) bond motifs is 1. The monoisotopic (exact) mass is 414 g/mol. The van der Waals surface area contributed by atoms with Gasteiger partial charge in [0.1, 0.15) is 15.5 Å². The Morgan fingerprint density at radius 2 is 1.93 bits per heavy atom. The second kappa shape index (κ2) is 9.22. The van der Waals surface area contributed by atoms with Gasteiger partial charge < -0.3 is 9.47 Å². The zero-order valence-electron chi connectivity index (χ0n) is 17.2. The SMILES string of the molecule is Cc1ccc(OCCCn2cnc3sc(C(=O)OCC(C)C)c(C)c3c2=O)cc1. The number of aromatic nitrogens is 2. The van der Waals surface area contributed by atoms with Crippen molar-refractivity contribution in [1.29, 1.82) is 0 Å². The molecule has 0 radical (unpaired) electrons. The number of hydrogen-bond donors (Lipinski definition) is 0. The highest BCUT2D eigenvalue weighted by molar-refractivity contribution is 7.20. The Kier molecular flexibility index (Phi) is 6.69. The molecule has 0 unspecified atom stereocenters. The van der Waals surface area contributed by atoms with Crippen LogP contribution in [0.1, 0.15) is 41.1 Å². The summed E-state index contributed by atoms with van der Waals surface area (Å²) in [6.07, 6.45) is 2.21. The first-order chi connectivity index (χ1) is 13.9. The van der Waals surface area contributed by atoms with Crippen LogP contribution in [0.25, 0.3) is 10.2 Å². The highest BCUT2D eigenvalue weighted by atomic mass is 32.1. The van der Waals surface area contributed by atoms with E-state index in [2.05, 4.69) is 4.98 Å². The summed E-state index contributed by atoms with van der Waals surface area (Å²) in [4.78, 5) is 30.6. The molecule has 0 atom stereocenters. The van der Waals surface area contributed by atoms with Crippen molar-refractivity contribution in [3.8, 4) is 5.75 Å². The van der Waals surface area contributed by atoms with Crippen LogP contribution < -0.4 is 10.3 Å². The van der Waals surface area contributed by atoms with Crippen molar-refractivity contribution in [1.82, 2.24) is 9.55 Å². The van der Waals surface area contributed by atoms with Gasteiger partial charge in [-0.25, -0.2) is 9.78 Å². The maximum Gasteiger partial charge on any atom is 0.348 e. The Morgan fingerprint density at radius 3 is 2.62 bits per heavy atom. The van der Waals surface area contributed by atoms with Crippen molar-refractivity contribution in [2.24, 2.45) is 5.92 Å². The molecule has 2 heterocycles. The van der Waals surface area contributed by atoms with Gasteiger partial charge in [0, 0.05) is 6.54 Å². The maximum atomic E-state index is 12.9. The molecular formula is C22H26N2O4S. The first-order valence-corrected chi connectivity index (χ1v) is 10.5. The molecule has 0 aliphatic carbocycles. The molecule has 154 valence electrons. The Morgan fingerprint density at radius 1 is 1.21 bits per heavy atom. The first kappa shape index (κ1) is 21.0. The number of ether oxygens (including phenoxy) is 2. The Hall–Kier alpha value is -2.67. The van der Waals surface area contributed by atoms with Crippen LogP contribution in [0.2, 0.25) is 0 Å². The van der Waals surface area contributed by atoms with E-state index in [-0.39, 0.29) is 11.5 Å². The largest absolute Gasteiger partial charge is 0.494 e. The van der Waals surface area contributed by atoms with Gasteiger partial charge in [0.25, 0.3) is 5.56 Å². The zero-order chi connectivity index (χ0) is 21.0. The predicted molar refractivity (Wildman–Crippen MR) is 115 cm³/mol. The van der Waals surface area contributed by atoms with Crippen LogP contribution in [0, 0.1) is 19.8 Å². The van der Waals surface area contributed by atoms with E-state index in [1.165, 1.54) is 23.2 Å². The van der Waals surface area contributed by atoms with Crippen molar-refractivity contribution >= 4 is 27.5 Å². The van der Waals surface area contributed by atoms with Crippen LogP contribution in [-0.2, 0) is 11.3 Å². The molecule has 0 saturated heterocycles. The second-order valence-corrected chi connectivity index (χ2v) is 8.49. The maximum absolute atomic E-state index is 12.9. The van der Waals surface area contributed by atoms with Crippen LogP contribution in [0.3, 0.4) is 0 Å². The fourth-order valence-electron chi connectivity index (χ4n) is 2.88. The van der Waals surface area contributed by atoms with Crippen LogP contribution in [-0.4, -0.2) is 28.7 Å². The minimum absolute atomic E-state index is 0.137. The van der Waals surface area contributed by atoms with Crippen molar-refractivity contribution in [3.05, 3.63) is 57.0 Å². The third kappa shape index (κ3) is 5.03. The van der Waals surface area contributed by atoms with Gasteiger partial charge in [0.05, 0.1) is 24.9 Å². The average Bonchev–Trinajstić information content (AvgIpc) is 3.03. The quantitative estimate of drug-likeness (QED) is 0.405. The molecule has 29 heavy (non-hydrogen) atoms. The first-order valence-electron chi connectivity index (χ1n) is 9.72. The standard InChI is InChI=1S/C22H26N2O4S/c1-14(2)12-28-22(26)19-16(4)18-20(29-19)23-13-24(21(18)25)10-5-11-27-17-8-6-15(3)7-9-17/h6-9,13-14H,5,10-12H2,1-4H3. The van der Waals surface area contributed by atoms with Gasteiger partial charge in [-0.2, -0.15) is 0 Å². The molecule has 2 aromatic heterocycles. The molecule has 0 aliphatic heterocycles. The van der Waals surface area contributed by atoms with Gasteiger partial charge in [-0.05, 0) is 43.9 Å². The highest BCUT2D eigenvalue weighted by Crippen LogP contribution is 2.27. The van der Waals surface area contributed by atoms with Crippen molar-refractivity contribution in [3.63, 3.8) is 0 Å². The molecule has 7 heteroatoms. The smallest absolute Gasteiger partial charge is 0.348 e. The zero-order valence-corrected chi connectivity index (χ0v) is 18.0. The lowest BCUT2D eigenvalue weighted by atomic mass is 10.2. The van der Waals surface area contributed by atoms with Crippen LogP contribution >= 0.6 is 11.3 Å². The summed E-state index contributed by atoms with van der Waals surface area (Å²) in [6.45, 7) is 9.12. The van der Waals surface area contributed by atoms with E-state index < -0.39 is 5.97 Å². The van der Waals surface area contributed by atoms with E-state index in [9.17, 15) is 9.59 Å². The number of carbonyl (C=O) groups excluding carboxylic acids is 1. The van der Waals surface area contributed by atoms with E-state index >= 15 is 0 Å². The molecular weight excluding hydrogens is 388 g/mol. The molecule has 0 spiro atoms. The summed E-state index contributed by atoms with van der Waals surface area (Å²) in [5.41, 5.74) is 1.69. The third-order valence-electron chi connectivity index (χ3n) is 4.48. The fourth-order valence-corrected chi connectivity index (χ4v) is 3.91. The number of aryl methyl sites for hydroxylation is 3. The Balaban J connectivity index is 1.69. The summed E-state index contributed by atoms with van der Waals surface area (Å²) < 4.78 is 12.6. The van der Waals surface area contributed by atoms with Crippen LogP contribution in [0.4, 0.5) is 0 Å². The summed E-state index contributed by atoms with van der Waals surface area (Å²) in [5.74, 6) is 0.678. The van der Waals surface area contributed by atoms with Gasteiger partial charge in [0.15, 0.2) is 0 Å². The lowest BCUT2D eigenvalue weighted by Gasteiger charge is -2.08. The molecule has 0 fully saturated rings. The fraction of sp³-hybridized carbons (Fsp3) is 0.409. The summed E-state index contributed by atoms with van der Waals surface area (Å²) >= 11 is 1.21. The number of benzene rings is 1. The van der Waals surface area contributed by atoms with Crippen molar-refractivity contribution in [2.45, 2.75) is 40.7 Å². The molecule has 0 amide bonds. The molecule has 0 saturated carbocycles. The third-order valence-corrected chi connectivity index (χ3v) is 5.66. The molecule has 0 N–H and O–H groups in total. The predicted octanol–water partition coefficient (Wildman–Crippen LogP) is 4.36. The Bertz CT molecular complexity index is 1050. The number of thiophene rings is 1. The number of rotatable bonds is 8. The normalized spacial score (nSPS) is 11.2. The molecule has 3 rings (SSSR count). The minimum Gasteiger partial charge on any atom is -0.494 e. The number of carbonyl (C=O) groups is 1. The van der Waals surface area contributed by atoms with E-state index in [1.807, 2.05) is 45.0 Å².